The summed E-state index contributed by atoms with van der Waals surface area (Å²) in [6.07, 6.45) is 5.20. The van der Waals surface area contributed by atoms with Gasteiger partial charge in [-0.2, -0.15) is 0 Å². The molecule has 1 spiro atoms. The Morgan fingerprint density at radius 1 is 1.16 bits per heavy atom. The van der Waals surface area contributed by atoms with Crippen LogP contribution in [0.25, 0.3) is 0 Å². The van der Waals surface area contributed by atoms with Crippen molar-refractivity contribution < 1.29 is 14.0 Å². The summed E-state index contributed by atoms with van der Waals surface area (Å²) in [5.41, 5.74) is 1.14. The summed E-state index contributed by atoms with van der Waals surface area (Å²) in [5, 5.41) is 0.106. The summed E-state index contributed by atoms with van der Waals surface area (Å²) in [6, 6.07) is 3.66. The Kier molecular flexibility index (Phi) is 5.21. The second-order valence-corrected chi connectivity index (χ2v) is 15.1. The van der Waals surface area contributed by atoms with E-state index >= 15 is 0 Å². The Hall–Kier alpha value is -2.32. The monoisotopic (exact) mass is 440 g/mol. The van der Waals surface area contributed by atoms with Gasteiger partial charge >= 0.3 is 0 Å². The van der Waals surface area contributed by atoms with E-state index in [0.29, 0.717) is 29.8 Å². The number of nitrogens with zero attached hydrogens (tertiary/aromatic N) is 4. The number of pyridine rings is 1. The van der Waals surface area contributed by atoms with Crippen LogP contribution < -0.4 is 9.64 Å². The molecule has 166 valence electrons. The van der Waals surface area contributed by atoms with E-state index in [2.05, 4.69) is 43.8 Å². The predicted octanol–water partition coefficient (Wildman–Crippen LogP) is 4.89. The first-order valence-electron chi connectivity index (χ1n) is 10.9. The van der Waals surface area contributed by atoms with Gasteiger partial charge < -0.3 is 9.16 Å². The highest BCUT2D eigenvalue weighted by Crippen LogP contribution is 2.58. The van der Waals surface area contributed by atoms with Gasteiger partial charge in [-0.05, 0) is 50.9 Å². The van der Waals surface area contributed by atoms with Gasteiger partial charge in [0.05, 0.1) is 30.0 Å². The average Bonchev–Trinajstić information content (AvgIpc) is 3.44. The molecule has 1 aliphatic heterocycles. The van der Waals surface area contributed by atoms with Crippen molar-refractivity contribution in [3.8, 4) is 5.88 Å². The van der Waals surface area contributed by atoms with Crippen molar-refractivity contribution >= 4 is 25.7 Å². The summed E-state index contributed by atoms with van der Waals surface area (Å²) in [5.74, 6) is 1.86. The largest absolute Gasteiger partial charge is 0.475 e. The second-order valence-electron chi connectivity index (χ2n) is 10.3. The third-order valence-corrected chi connectivity index (χ3v) is 11.1. The number of hydrogen-bond acceptors (Lipinski definition) is 6. The third kappa shape index (κ3) is 3.87. The van der Waals surface area contributed by atoms with Crippen molar-refractivity contribution in [3.05, 3.63) is 35.9 Å². The van der Waals surface area contributed by atoms with Gasteiger partial charge in [0.1, 0.15) is 5.82 Å². The molecule has 3 heterocycles. The molecule has 4 rings (SSSR count). The van der Waals surface area contributed by atoms with Crippen LogP contribution in [0, 0.1) is 0 Å². The molecule has 0 N–H and O–H groups in total. The van der Waals surface area contributed by atoms with Crippen molar-refractivity contribution in [1.82, 2.24) is 15.0 Å². The third-order valence-electron chi connectivity index (χ3n) is 6.61. The molecular weight excluding hydrogens is 408 g/mol. The number of anilines is 2. The maximum atomic E-state index is 13.3. The van der Waals surface area contributed by atoms with E-state index in [1.807, 2.05) is 26.1 Å². The Bertz CT molecular complexity index is 995. The van der Waals surface area contributed by atoms with Crippen LogP contribution in [-0.2, 0) is 21.2 Å². The number of amides is 1. The number of rotatable bonds is 6. The molecule has 0 saturated heterocycles. The molecular formula is C23H32N4O3Si. The highest BCUT2D eigenvalue weighted by Gasteiger charge is 2.60. The SMILES string of the molecule is CC(C)Oc1ccc(N2C(=O)C3(CC3)c3cnc(CO[Si](C)(C)C(C)(C)C)nc32)cn1. The van der Waals surface area contributed by atoms with Crippen molar-refractivity contribution in [3.63, 3.8) is 0 Å². The topological polar surface area (TPSA) is 77.4 Å². The minimum absolute atomic E-state index is 0.0402. The standard InChI is InChI=1S/C23H32N4O3Si/c1-15(2)30-19-9-8-16(12-25-19)27-20-17(23(10-11-23)21(27)28)13-24-18(26-20)14-29-31(6,7)22(3,4)5/h8-9,12-13,15H,10-11,14H2,1-7H3. The van der Waals surface area contributed by atoms with E-state index in [9.17, 15) is 4.79 Å². The van der Waals surface area contributed by atoms with E-state index in [1.54, 1.807) is 17.2 Å². The molecule has 0 atom stereocenters. The maximum absolute atomic E-state index is 13.3. The normalized spacial score (nSPS) is 17.4. The van der Waals surface area contributed by atoms with Gasteiger partial charge in [-0.3, -0.25) is 9.69 Å². The van der Waals surface area contributed by atoms with Gasteiger partial charge in [0.15, 0.2) is 14.1 Å². The highest BCUT2D eigenvalue weighted by atomic mass is 28.4. The number of ether oxygens (including phenoxy) is 1. The van der Waals surface area contributed by atoms with Crippen molar-refractivity contribution in [2.45, 2.75) is 83.7 Å². The molecule has 0 unspecified atom stereocenters. The minimum Gasteiger partial charge on any atom is -0.475 e. The number of carbonyl (C=O) groups is 1. The van der Waals surface area contributed by atoms with Crippen LogP contribution in [0.4, 0.5) is 11.5 Å². The predicted molar refractivity (Wildman–Crippen MR) is 122 cm³/mol. The smallest absolute Gasteiger partial charge is 0.243 e. The lowest BCUT2D eigenvalue weighted by atomic mass is 10.0. The van der Waals surface area contributed by atoms with Gasteiger partial charge in [0.25, 0.3) is 0 Å². The fraction of sp³-hybridized carbons (Fsp3) is 0.565. The van der Waals surface area contributed by atoms with Gasteiger partial charge in [-0.25, -0.2) is 15.0 Å². The average molecular weight is 441 g/mol. The molecule has 0 radical (unpaired) electrons. The van der Waals surface area contributed by atoms with Crippen LogP contribution in [0.5, 0.6) is 5.88 Å². The van der Waals surface area contributed by atoms with Crippen LogP contribution in [0.1, 0.15) is 58.8 Å². The van der Waals surface area contributed by atoms with Crippen molar-refractivity contribution in [1.29, 1.82) is 0 Å². The highest BCUT2D eigenvalue weighted by molar-refractivity contribution is 6.74. The summed E-state index contributed by atoms with van der Waals surface area (Å²) >= 11 is 0. The van der Waals surface area contributed by atoms with Crippen molar-refractivity contribution in [2.24, 2.45) is 0 Å². The van der Waals surface area contributed by atoms with Crippen LogP contribution in [0.2, 0.25) is 18.1 Å². The molecule has 31 heavy (non-hydrogen) atoms. The zero-order valence-electron chi connectivity index (χ0n) is 19.5. The van der Waals surface area contributed by atoms with E-state index in [0.717, 1.165) is 18.4 Å². The number of aromatic nitrogens is 3. The molecule has 2 aromatic rings. The Labute approximate surface area is 185 Å². The second kappa shape index (κ2) is 7.38. The minimum atomic E-state index is -1.93. The fourth-order valence-corrected chi connectivity index (χ4v) is 4.46. The number of carbonyl (C=O) groups excluding carboxylic acids is 1. The Morgan fingerprint density at radius 3 is 2.42 bits per heavy atom. The van der Waals surface area contributed by atoms with E-state index in [1.165, 1.54) is 0 Å². The summed E-state index contributed by atoms with van der Waals surface area (Å²) in [4.78, 5) is 28.7. The first-order valence-corrected chi connectivity index (χ1v) is 13.8. The molecule has 8 heteroatoms. The zero-order chi connectivity index (χ0) is 22.6. The summed E-state index contributed by atoms with van der Waals surface area (Å²) in [6.45, 7) is 15.3. The van der Waals surface area contributed by atoms with Gasteiger partial charge in [0, 0.05) is 17.8 Å². The quantitative estimate of drug-likeness (QED) is 0.595. The molecule has 2 aliphatic rings. The lowest BCUT2D eigenvalue weighted by Gasteiger charge is -2.35. The molecule has 0 bridgehead atoms. The Balaban J connectivity index is 1.63. The van der Waals surface area contributed by atoms with Gasteiger partial charge in [-0.1, -0.05) is 20.8 Å². The zero-order valence-corrected chi connectivity index (χ0v) is 20.5. The first kappa shape index (κ1) is 21.9. The molecule has 7 nitrogen and oxygen atoms in total. The number of hydrogen-bond donors (Lipinski definition) is 0. The van der Waals surface area contributed by atoms with Gasteiger partial charge in [-0.15, -0.1) is 0 Å². The first-order chi connectivity index (χ1) is 14.4. The maximum Gasteiger partial charge on any atom is 0.243 e. The summed E-state index contributed by atoms with van der Waals surface area (Å²) in [7, 11) is -1.93. The molecule has 1 aliphatic carbocycles. The molecule has 2 aromatic heterocycles. The van der Waals surface area contributed by atoms with E-state index in [-0.39, 0.29) is 17.0 Å². The number of fused-ring (bicyclic) bond motifs is 2. The molecule has 1 fully saturated rings. The molecule has 0 aromatic carbocycles. The lowest BCUT2D eigenvalue weighted by Crippen LogP contribution is -2.40. The van der Waals surface area contributed by atoms with E-state index in [4.69, 9.17) is 14.1 Å². The van der Waals surface area contributed by atoms with Crippen LogP contribution in [0.15, 0.2) is 24.5 Å². The molecule has 1 amide bonds. The van der Waals surface area contributed by atoms with E-state index < -0.39 is 13.7 Å². The fourth-order valence-electron chi connectivity index (χ4n) is 3.54. The van der Waals surface area contributed by atoms with Crippen molar-refractivity contribution in [2.75, 3.05) is 4.90 Å². The lowest BCUT2D eigenvalue weighted by molar-refractivity contribution is -0.119. The van der Waals surface area contributed by atoms with Crippen LogP contribution >= 0.6 is 0 Å². The van der Waals surface area contributed by atoms with Gasteiger partial charge in [0.2, 0.25) is 11.8 Å². The summed E-state index contributed by atoms with van der Waals surface area (Å²) < 4.78 is 11.9. The van der Waals surface area contributed by atoms with Crippen LogP contribution in [0.3, 0.4) is 0 Å². The molecule has 1 saturated carbocycles. The Morgan fingerprint density at radius 2 is 1.87 bits per heavy atom. The van der Waals surface area contributed by atoms with Crippen LogP contribution in [-0.4, -0.2) is 35.3 Å².